The number of carbonyl (C=O) groups excluding carboxylic acids is 3. The molecular weight excluding hydrogens is 677 g/mol. The molecule has 0 fully saturated rings. The van der Waals surface area contributed by atoms with Crippen molar-refractivity contribution in [3.05, 3.63) is 5.21 Å². The van der Waals surface area contributed by atoms with Gasteiger partial charge in [-0.1, -0.05) is 111 Å². The highest BCUT2D eigenvalue weighted by molar-refractivity contribution is 7.85. The summed E-state index contributed by atoms with van der Waals surface area (Å²) in [7, 11) is -1.18. The maximum absolute atomic E-state index is 13.8. The first-order valence-corrected chi connectivity index (χ1v) is 23.4. The maximum atomic E-state index is 13.8. The number of hydrogen-bond acceptors (Lipinski definition) is 7. The molecule has 0 aliphatic heterocycles. The Bertz CT molecular complexity index is 890. The van der Waals surface area contributed by atoms with Gasteiger partial charge in [0.1, 0.15) is 11.9 Å². The smallest absolute Gasteiger partial charge is 0.306 e. The van der Waals surface area contributed by atoms with Gasteiger partial charge in [-0.15, -0.1) is 0 Å². The minimum absolute atomic E-state index is 0.00939. The van der Waals surface area contributed by atoms with Crippen LogP contribution in [-0.4, -0.2) is 77.6 Å². The Morgan fingerprint density at radius 1 is 0.596 bits per heavy atom. The number of nitrogens with zero attached hydrogens (tertiary/aromatic N) is 1. The molecule has 0 saturated heterocycles. The van der Waals surface area contributed by atoms with Gasteiger partial charge < -0.3 is 24.6 Å². The predicted molar refractivity (Wildman–Crippen MR) is 217 cm³/mol. The van der Waals surface area contributed by atoms with Gasteiger partial charge in [0.15, 0.2) is 0 Å². The Labute approximate surface area is 322 Å². The highest BCUT2D eigenvalue weighted by Crippen LogP contribution is 2.18. The minimum atomic E-state index is -1.18. The van der Waals surface area contributed by atoms with E-state index in [-0.39, 0.29) is 34.3 Å². The van der Waals surface area contributed by atoms with E-state index in [2.05, 4.69) is 26.1 Å². The number of esters is 2. The molecule has 10 heteroatoms. The first-order chi connectivity index (χ1) is 25.2. The van der Waals surface area contributed by atoms with E-state index >= 15 is 0 Å². The fourth-order valence-electron chi connectivity index (χ4n) is 6.63. The van der Waals surface area contributed by atoms with Crippen molar-refractivity contribution in [1.29, 1.82) is 0 Å². The van der Waals surface area contributed by atoms with E-state index in [0.717, 1.165) is 103 Å². The van der Waals surface area contributed by atoms with Gasteiger partial charge in [0, 0.05) is 42.9 Å². The summed E-state index contributed by atoms with van der Waals surface area (Å²) in [4.78, 5) is 36.5. The Morgan fingerprint density at radius 2 is 1.04 bits per heavy atom. The van der Waals surface area contributed by atoms with Crippen LogP contribution in [0.15, 0.2) is 0 Å². The molecule has 3 atom stereocenters. The largest absolute Gasteiger partial charge is 0.633 e. The first kappa shape index (κ1) is 50.5. The van der Waals surface area contributed by atoms with Crippen LogP contribution in [0.1, 0.15) is 201 Å². The van der Waals surface area contributed by atoms with Gasteiger partial charge in [-0.3, -0.25) is 18.6 Å². The van der Waals surface area contributed by atoms with Gasteiger partial charge in [0.05, 0.1) is 26.2 Å². The predicted octanol–water partition coefficient (Wildman–Crippen LogP) is 10.2. The lowest BCUT2D eigenvalue weighted by Crippen LogP contribution is -2.45. The third kappa shape index (κ3) is 34.3. The summed E-state index contributed by atoms with van der Waals surface area (Å²) in [5.74, 6) is -0.405. The molecule has 1 amide bonds. The molecule has 0 rings (SSSR count). The maximum Gasteiger partial charge on any atom is 0.306 e. The zero-order valence-corrected chi connectivity index (χ0v) is 35.1. The second-order valence-electron chi connectivity index (χ2n) is 15.1. The van der Waals surface area contributed by atoms with Crippen molar-refractivity contribution in [3.63, 3.8) is 0 Å². The number of nitrogens with one attached hydrogen (secondary N) is 1. The van der Waals surface area contributed by atoms with Crippen molar-refractivity contribution in [1.82, 2.24) is 5.32 Å². The molecule has 52 heavy (non-hydrogen) atoms. The van der Waals surface area contributed by atoms with E-state index in [1.54, 1.807) is 0 Å². The van der Waals surface area contributed by atoms with E-state index in [1.165, 1.54) is 64.0 Å². The molecule has 0 aromatic rings. The number of unbranched alkanes of at least 4 members (excludes halogenated alkanes) is 18. The molecule has 0 bridgehead atoms. The Kier molecular flexibility index (Phi) is 35.4. The third-order valence-electron chi connectivity index (χ3n) is 9.86. The summed E-state index contributed by atoms with van der Waals surface area (Å²) in [5.41, 5.74) is 0. The molecule has 0 radical (unpaired) electrons. The number of carbonyl (C=O) groups is 3. The molecule has 0 aliphatic carbocycles. The summed E-state index contributed by atoms with van der Waals surface area (Å²) in [6, 6.07) is 0. The van der Waals surface area contributed by atoms with Crippen LogP contribution in [0.25, 0.3) is 0 Å². The Morgan fingerprint density at radius 3 is 1.62 bits per heavy atom. The van der Waals surface area contributed by atoms with Gasteiger partial charge in [-0.05, 0) is 70.6 Å². The molecule has 0 aliphatic rings. The van der Waals surface area contributed by atoms with Crippen LogP contribution in [0.5, 0.6) is 0 Å². The van der Waals surface area contributed by atoms with E-state index < -0.39 is 10.8 Å². The standard InChI is InChI=1S/C42H82N2O7S/c1-5-8-11-13-20-27-37-50-41(46)31-23-16-14-18-25-34-44(48,36-28-33-43-40(45)38-52(4)49)35-26-19-15-17-24-32-42(47)51-39(29-21-10-7-3)30-22-12-9-6-2/h39H,5-38H2,1-4H3,(H,43,45). The summed E-state index contributed by atoms with van der Waals surface area (Å²) in [6.45, 7) is 9.12. The topological polar surface area (TPSA) is 122 Å². The molecule has 0 saturated carbocycles. The van der Waals surface area contributed by atoms with Gasteiger partial charge in [0.25, 0.3) is 0 Å². The molecule has 0 aromatic carbocycles. The molecule has 3 unspecified atom stereocenters. The number of hydroxylamine groups is 3. The van der Waals surface area contributed by atoms with Crippen molar-refractivity contribution in [2.75, 3.05) is 44.8 Å². The first-order valence-electron chi connectivity index (χ1n) is 21.6. The summed E-state index contributed by atoms with van der Waals surface area (Å²) < 4.78 is 22.3. The van der Waals surface area contributed by atoms with Gasteiger partial charge in [-0.2, -0.15) is 0 Å². The van der Waals surface area contributed by atoms with Gasteiger partial charge in [0.2, 0.25) is 5.91 Å². The van der Waals surface area contributed by atoms with E-state index in [4.69, 9.17) is 9.47 Å². The van der Waals surface area contributed by atoms with E-state index in [9.17, 15) is 23.8 Å². The van der Waals surface area contributed by atoms with Crippen LogP contribution < -0.4 is 5.32 Å². The van der Waals surface area contributed by atoms with Crippen molar-refractivity contribution < 1.29 is 32.7 Å². The monoisotopic (exact) mass is 759 g/mol. The number of quaternary nitrogens is 1. The van der Waals surface area contributed by atoms with E-state index in [0.29, 0.717) is 52.0 Å². The fourth-order valence-corrected chi connectivity index (χ4v) is 7.10. The van der Waals surface area contributed by atoms with Crippen molar-refractivity contribution in [2.45, 2.75) is 207 Å². The van der Waals surface area contributed by atoms with Crippen LogP contribution in [0.2, 0.25) is 0 Å². The molecule has 0 aromatic heterocycles. The highest BCUT2D eigenvalue weighted by atomic mass is 32.2. The van der Waals surface area contributed by atoms with Crippen molar-refractivity contribution in [2.24, 2.45) is 0 Å². The number of amides is 1. The lowest BCUT2D eigenvalue weighted by molar-refractivity contribution is -0.881. The lowest BCUT2D eigenvalue weighted by atomic mass is 10.0. The number of hydrogen-bond donors (Lipinski definition) is 1. The fraction of sp³-hybridized carbons (Fsp3) is 0.929. The van der Waals surface area contributed by atoms with Crippen LogP contribution in [-0.2, 0) is 34.7 Å². The molecule has 0 heterocycles. The second kappa shape index (κ2) is 36.5. The number of ether oxygens (including phenoxy) is 2. The summed E-state index contributed by atoms with van der Waals surface area (Å²) in [6.07, 6.45) is 29.5. The highest BCUT2D eigenvalue weighted by Gasteiger charge is 2.17. The van der Waals surface area contributed by atoms with Crippen molar-refractivity contribution in [3.8, 4) is 0 Å². The SMILES string of the molecule is CCCCCCCCOC(=O)CCCCCCC[N+]([O-])(CCCCCCCC(=O)OC(CCCCC)CCCCCC)CCCNC(=O)CS(C)=O. The van der Waals surface area contributed by atoms with Crippen LogP contribution >= 0.6 is 0 Å². The quantitative estimate of drug-likeness (QED) is 0.0287. The van der Waals surface area contributed by atoms with Crippen molar-refractivity contribution >= 4 is 28.6 Å². The molecule has 0 spiro atoms. The Balaban J connectivity index is 4.45. The molecule has 9 nitrogen and oxygen atoms in total. The van der Waals surface area contributed by atoms with Gasteiger partial charge >= 0.3 is 11.9 Å². The normalized spacial score (nSPS) is 13.7. The third-order valence-corrected chi connectivity index (χ3v) is 10.5. The summed E-state index contributed by atoms with van der Waals surface area (Å²) >= 11 is 0. The molecular formula is C42H82N2O7S. The zero-order chi connectivity index (χ0) is 38.5. The lowest BCUT2D eigenvalue weighted by Gasteiger charge is -2.43. The average Bonchev–Trinajstić information content (AvgIpc) is 3.10. The second-order valence-corrected chi connectivity index (χ2v) is 16.6. The summed E-state index contributed by atoms with van der Waals surface area (Å²) in [5, 5.41) is 16.6. The zero-order valence-electron chi connectivity index (χ0n) is 34.3. The van der Waals surface area contributed by atoms with Crippen LogP contribution in [0.3, 0.4) is 0 Å². The van der Waals surface area contributed by atoms with Crippen LogP contribution in [0, 0.1) is 5.21 Å². The molecule has 1 N–H and O–H groups in total. The van der Waals surface area contributed by atoms with Crippen LogP contribution in [0.4, 0.5) is 0 Å². The average molecular weight is 759 g/mol. The number of rotatable bonds is 39. The Hall–Kier alpha value is -1.52. The van der Waals surface area contributed by atoms with Gasteiger partial charge in [-0.25, -0.2) is 0 Å². The van der Waals surface area contributed by atoms with E-state index in [1.807, 2.05) is 0 Å². The molecule has 308 valence electrons. The minimum Gasteiger partial charge on any atom is -0.633 e.